The van der Waals surface area contributed by atoms with Crippen molar-refractivity contribution in [3.63, 3.8) is 0 Å². The van der Waals surface area contributed by atoms with E-state index in [1.54, 1.807) is 12.1 Å². The van der Waals surface area contributed by atoms with Crippen LogP contribution in [0.4, 0.5) is 0 Å². The zero-order valence-electron chi connectivity index (χ0n) is 17.1. The van der Waals surface area contributed by atoms with Crippen LogP contribution in [0.3, 0.4) is 0 Å². The molecule has 0 saturated carbocycles. The number of hydrogen-bond acceptors (Lipinski definition) is 6. The summed E-state index contributed by atoms with van der Waals surface area (Å²) in [5.74, 6) is -0.758. The van der Waals surface area contributed by atoms with Crippen LogP contribution in [0.1, 0.15) is 63.0 Å². The standard InChI is InChI=1S/C15H22O3.C5H12O4/c1-14(2,3)10-7-9(13(17)18)8-11(12(10)16)15(4,5)6;6-1-5(2-7,3-8)4-9/h7-8,16H,1-6H3,(H,17,18);6-9H,1-4H2. The highest BCUT2D eigenvalue weighted by Gasteiger charge is 2.28. The SMILES string of the molecule is CC(C)(C)c1cc(C(=O)O)cc(C(C)(C)C)c1O.OCC(CO)(CO)CO. The van der Waals surface area contributed by atoms with Gasteiger partial charge in [-0.05, 0) is 23.0 Å². The zero-order chi connectivity index (χ0) is 21.6. The van der Waals surface area contributed by atoms with Crippen LogP contribution in [-0.2, 0) is 10.8 Å². The zero-order valence-corrected chi connectivity index (χ0v) is 17.1. The molecule has 0 spiro atoms. The Balaban J connectivity index is 0.000000636. The summed E-state index contributed by atoms with van der Waals surface area (Å²) in [6, 6.07) is 3.12. The van der Waals surface area contributed by atoms with E-state index in [2.05, 4.69) is 0 Å². The Morgan fingerprint density at radius 1 is 0.778 bits per heavy atom. The Hall–Kier alpha value is -1.67. The van der Waals surface area contributed by atoms with E-state index in [0.29, 0.717) is 11.1 Å². The summed E-state index contributed by atoms with van der Waals surface area (Å²) in [7, 11) is 0. The molecule has 0 saturated heterocycles. The topological polar surface area (TPSA) is 138 Å². The van der Waals surface area contributed by atoms with Crippen LogP contribution in [0, 0.1) is 5.41 Å². The van der Waals surface area contributed by atoms with Gasteiger partial charge in [0.1, 0.15) is 5.75 Å². The molecule has 0 aromatic heterocycles. The molecule has 0 aliphatic carbocycles. The van der Waals surface area contributed by atoms with Crippen LogP contribution in [0.2, 0.25) is 0 Å². The Morgan fingerprint density at radius 3 is 1.22 bits per heavy atom. The average molecular weight is 386 g/mol. The van der Waals surface area contributed by atoms with Crippen LogP contribution < -0.4 is 0 Å². The smallest absolute Gasteiger partial charge is 0.335 e. The molecule has 1 aromatic rings. The van der Waals surface area contributed by atoms with E-state index in [4.69, 9.17) is 20.4 Å². The van der Waals surface area contributed by atoms with Crippen molar-refractivity contribution >= 4 is 5.97 Å². The highest BCUT2D eigenvalue weighted by Crippen LogP contribution is 2.39. The highest BCUT2D eigenvalue weighted by atomic mass is 16.4. The van der Waals surface area contributed by atoms with Crippen molar-refractivity contribution in [2.75, 3.05) is 26.4 Å². The van der Waals surface area contributed by atoms with Crippen molar-refractivity contribution in [2.45, 2.75) is 52.4 Å². The number of aromatic hydroxyl groups is 1. The summed E-state index contributed by atoms with van der Waals surface area (Å²) in [5, 5.41) is 53.5. The van der Waals surface area contributed by atoms with Crippen LogP contribution in [0.5, 0.6) is 5.75 Å². The number of aliphatic hydroxyl groups is 4. The lowest BCUT2D eigenvalue weighted by atomic mass is 9.78. The van der Waals surface area contributed by atoms with Gasteiger partial charge in [-0.15, -0.1) is 0 Å². The monoisotopic (exact) mass is 386 g/mol. The molecule has 1 aromatic carbocycles. The molecule has 0 atom stereocenters. The van der Waals surface area contributed by atoms with Crippen molar-refractivity contribution in [2.24, 2.45) is 5.41 Å². The summed E-state index contributed by atoms with van der Waals surface area (Å²) in [6.45, 7) is 10.1. The van der Waals surface area contributed by atoms with Crippen LogP contribution >= 0.6 is 0 Å². The molecule has 0 bridgehead atoms. The van der Waals surface area contributed by atoms with Crippen molar-refractivity contribution in [3.05, 3.63) is 28.8 Å². The van der Waals surface area contributed by atoms with Crippen LogP contribution in [0.25, 0.3) is 0 Å². The molecule has 0 radical (unpaired) electrons. The summed E-state index contributed by atoms with van der Waals surface area (Å²) in [5.41, 5.74) is -0.132. The van der Waals surface area contributed by atoms with Gasteiger partial charge in [-0.2, -0.15) is 0 Å². The second-order valence-corrected chi connectivity index (χ2v) is 8.86. The molecule has 0 fully saturated rings. The predicted molar refractivity (Wildman–Crippen MR) is 103 cm³/mol. The molecule has 0 amide bonds. The van der Waals surface area contributed by atoms with Gasteiger partial charge in [0, 0.05) is 11.1 Å². The van der Waals surface area contributed by atoms with Crippen molar-refractivity contribution in [1.82, 2.24) is 0 Å². The van der Waals surface area contributed by atoms with Gasteiger partial charge < -0.3 is 30.6 Å². The molecule has 0 unspecified atom stereocenters. The maximum Gasteiger partial charge on any atom is 0.335 e. The number of aromatic carboxylic acids is 1. The first-order valence-corrected chi connectivity index (χ1v) is 8.74. The van der Waals surface area contributed by atoms with E-state index in [9.17, 15) is 15.0 Å². The van der Waals surface area contributed by atoms with E-state index in [1.807, 2.05) is 41.5 Å². The normalized spacial score (nSPS) is 12.4. The van der Waals surface area contributed by atoms with Gasteiger partial charge in [0.25, 0.3) is 0 Å². The number of benzene rings is 1. The predicted octanol–water partition coefficient (Wildman–Crippen LogP) is 1.63. The quantitative estimate of drug-likeness (QED) is 0.452. The molecular formula is C20H34O7. The molecule has 0 aliphatic heterocycles. The van der Waals surface area contributed by atoms with Gasteiger partial charge >= 0.3 is 5.97 Å². The lowest BCUT2D eigenvalue weighted by Crippen LogP contribution is -2.37. The summed E-state index contributed by atoms with van der Waals surface area (Å²) < 4.78 is 0. The van der Waals surface area contributed by atoms with Crippen molar-refractivity contribution < 1.29 is 35.4 Å². The summed E-state index contributed by atoms with van der Waals surface area (Å²) in [4.78, 5) is 11.2. The molecule has 156 valence electrons. The molecule has 7 heteroatoms. The van der Waals surface area contributed by atoms with Crippen LogP contribution in [0.15, 0.2) is 12.1 Å². The fraction of sp³-hybridized carbons (Fsp3) is 0.650. The second kappa shape index (κ2) is 9.50. The van der Waals surface area contributed by atoms with Crippen LogP contribution in [-0.4, -0.2) is 63.0 Å². The fourth-order valence-electron chi connectivity index (χ4n) is 2.20. The number of phenols is 1. The molecule has 6 N–H and O–H groups in total. The van der Waals surface area contributed by atoms with Gasteiger partial charge in [-0.3, -0.25) is 0 Å². The highest BCUT2D eigenvalue weighted by molar-refractivity contribution is 5.88. The molecular weight excluding hydrogens is 352 g/mol. The first-order chi connectivity index (χ1) is 12.2. The van der Waals surface area contributed by atoms with Gasteiger partial charge in [0.2, 0.25) is 0 Å². The number of carbonyl (C=O) groups is 1. The second-order valence-electron chi connectivity index (χ2n) is 8.86. The molecule has 0 aliphatic rings. The minimum absolute atomic E-state index is 0.208. The van der Waals surface area contributed by atoms with E-state index >= 15 is 0 Å². The molecule has 1 rings (SSSR count). The number of hydrogen-bond donors (Lipinski definition) is 6. The summed E-state index contributed by atoms with van der Waals surface area (Å²) in [6.07, 6.45) is 0. The van der Waals surface area contributed by atoms with E-state index in [0.717, 1.165) is 0 Å². The third kappa shape index (κ3) is 6.77. The number of carboxylic acids is 1. The number of rotatable bonds is 5. The Morgan fingerprint density at radius 2 is 1.07 bits per heavy atom. The third-order valence-electron chi connectivity index (χ3n) is 4.31. The third-order valence-corrected chi connectivity index (χ3v) is 4.31. The number of phenolic OH excluding ortho intramolecular Hbond substituents is 1. The van der Waals surface area contributed by atoms with Crippen molar-refractivity contribution in [1.29, 1.82) is 0 Å². The Kier molecular flexibility index (Phi) is 8.92. The summed E-state index contributed by atoms with van der Waals surface area (Å²) >= 11 is 0. The molecule has 27 heavy (non-hydrogen) atoms. The number of carboxylic acid groups (broad SMARTS) is 1. The first kappa shape index (κ1) is 25.3. The van der Waals surface area contributed by atoms with Gasteiger partial charge in [-0.1, -0.05) is 41.5 Å². The lowest BCUT2D eigenvalue weighted by molar-refractivity contribution is -0.0328. The van der Waals surface area contributed by atoms with Crippen molar-refractivity contribution in [3.8, 4) is 5.75 Å². The average Bonchev–Trinajstić information content (AvgIpc) is 2.56. The van der Waals surface area contributed by atoms with E-state index in [-0.39, 0.29) is 22.1 Å². The van der Waals surface area contributed by atoms with Gasteiger partial charge in [0.05, 0.1) is 37.4 Å². The minimum Gasteiger partial charge on any atom is -0.507 e. The largest absolute Gasteiger partial charge is 0.507 e. The van der Waals surface area contributed by atoms with Gasteiger partial charge in [0.15, 0.2) is 0 Å². The van der Waals surface area contributed by atoms with E-state index in [1.165, 1.54) is 0 Å². The van der Waals surface area contributed by atoms with Gasteiger partial charge in [-0.25, -0.2) is 4.79 Å². The Bertz CT molecular complexity index is 568. The number of aliphatic hydroxyl groups excluding tert-OH is 4. The maximum absolute atomic E-state index is 11.2. The van der Waals surface area contributed by atoms with E-state index < -0.39 is 37.8 Å². The maximum atomic E-state index is 11.2. The lowest BCUT2D eigenvalue weighted by Gasteiger charge is -2.27. The minimum atomic E-state index is -1.11. The molecule has 0 heterocycles. The fourth-order valence-corrected chi connectivity index (χ4v) is 2.20. The Labute approximate surface area is 160 Å². The first-order valence-electron chi connectivity index (χ1n) is 8.74. The molecule has 7 nitrogen and oxygen atoms in total.